The molecule has 33 heavy (non-hydrogen) atoms. The molecule has 2 aromatic carbocycles. The number of amides is 1. The summed E-state index contributed by atoms with van der Waals surface area (Å²) in [5, 5.41) is 21.3. The first-order valence-corrected chi connectivity index (χ1v) is 10.7. The Hall–Kier alpha value is -4.13. The number of aliphatic hydroxyl groups excluding tert-OH is 1. The number of benzene rings is 2. The number of phenols is 1. The molecule has 1 aromatic heterocycles. The number of aromatic hydroxyl groups is 1. The van der Waals surface area contributed by atoms with Crippen LogP contribution in [0.25, 0.3) is 5.76 Å². The molecule has 2 aliphatic heterocycles. The number of fused-ring (bicyclic) bond motifs is 1. The van der Waals surface area contributed by atoms with Gasteiger partial charge < -0.3 is 19.8 Å². The van der Waals surface area contributed by atoms with Crippen LogP contribution in [0.15, 0.2) is 72.6 Å². The number of ketones is 1. The number of Topliss-reactive ketones (excluding diaryl/α,β-unsaturated/α-hetero) is 1. The Morgan fingerprint density at radius 2 is 1.91 bits per heavy atom. The third-order valence-electron chi connectivity index (χ3n) is 6.00. The number of phenolic OH excluding ortho intramolecular Hbond substituents is 1. The van der Waals surface area contributed by atoms with Crippen LogP contribution in [0.3, 0.4) is 0 Å². The van der Waals surface area contributed by atoms with E-state index >= 15 is 0 Å². The molecule has 2 aliphatic rings. The number of hydrogen-bond donors (Lipinski definition) is 2. The molecule has 7 nitrogen and oxygen atoms in total. The monoisotopic (exact) mass is 442 g/mol. The van der Waals surface area contributed by atoms with E-state index in [9.17, 15) is 19.8 Å². The molecule has 2 atom stereocenters. The number of pyridine rings is 1. The number of carbonyl (C=O) groups excluding carboxylic acids is 2. The molecule has 5 rings (SSSR count). The van der Waals surface area contributed by atoms with Crippen molar-refractivity contribution >= 4 is 17.4 Å². The van der Waals surface area contributed by atoms with Crippen LogP contribution >= 0.6 is 0 Å². The summed E-state index contributed by atoms with van der Waals surface area (Å²) in [6.45, 7) is 2.12. The normalized spacial score (nSPS) is 21.2. The van der Waals surface area contributed by atoms with E-state index in [1.165, 1.54) is 17.0 Å². The van der Waals surface area contributed by atoms with Gasteiger partial charge in [-0.2, -0.15) is 0 Å². The maximum absolute atomic E-state index is 13.2. The van der Waals surface area contributed by atoms with E-state index in [0.717, 1.165) is 16.9 Å². The first-order chi connectivity index (χ1) is 15.9. The molecule has 0 radical (unpaired) electrons. The summed E-state index contributed by atoms with van der Waals surface area (Å²) in [5.41, 5.74) is 2.69. The standard InChI is InChI=1S/C26H22N2O5/c1-15-11-19-12-18(5-6-21(19)33-15)24(30)22-23(17-3-2-4-20(29)13-17)28(26(32)25(22)31)14-16-7-9-27-10-8-16/h2-10,12-13,15,23,29-30H,11,14H2,1H3/b24-22+/t15-,23-/m1/s1. The molecule has 3 aromatic rings. The van der Waals surface area contributed by atoms with Gasteiger partial charge in [-0.25, -0.2) is 0 Å². The highest BCUT2D eigenvalue weighted by Gasteiger charge is 2.46. The van der Waals surface area contributed by atoms with Gasteiger partial charge in [0.15, 0.2) is 0 Å². The second-order valence-corrected chi connectivity index (χ2v) is 8.33. The molecule has 1 amide bonds. The van der Waals surface area contributed by atoms with Crippen LogP contribution in [0, 0.1) is 0 Å². The van der Waals surface area contributed by atoms with Gasteiger partial charge in [0.25, 0.3) is 11.7 Å². The smallest absolute Gasteiger partial charge is 0.295 e. The average Bonchev–Trinajstić information content (AvgIpc) is 3.30. The zero-order chi connectivity index (χ0) is 23.1. The molecule has 0 spiro atoms. The predicted molar refractivity (Wildman–Crippen MR) is 120 cm³/mol. The van der Waals surface area contributed by atoms with Crippen LogP contribution in [0.5, 0.6) is 11.5 Å². The fourth-order valence-electron chi connectivity index (χ4n) is 4.49. The first-order valence-electron chi connectivity index (χ1n) is 10.7. The van der Waals surface area contributed by atoms with Crippen LogP contribution in [0.4, 0.5) is 0 Å². The lowest BCUT2D eigenvalue weighted by Crippen LogP contribution is -2.29. The number of ether oxygens (including phenoxy) is 1. The van der Waals surface area contributed by atoms with Gasteiger partial charge in [0.2, 0.25) is 0 Å². The van der Waals surface area contributed by atoms with Crippen molar-refractivity contribution in [2.24, 2.45) is 0 Å². The predicted octanol–water partition coefficient (Wildman–Crippen LogP) is 3.73. The maximum atomic E-state index is 13.2. The van der Waals surface area contributed by atoms with Crippen LogP contribution in [-0.2, 0) is 22.6 Å². The highest BCUT2D eigenvalue weighted by Crippen LogP contribution is 2.41. The van der Waals surface area contributed by atoms with Crippen molar-refractivity contribution < 1.29 is 24.5 Å². The molecule has 0 saturated carbocycles. The molecule has 1 saturated heterocycles. The Kier molecular flexibility index (Phi) is 5.09. The van der Waals surface area contributed by atoms with Crippen molar-refractivity contribution in [2.75, 3.05) is 0 Å². The van der Waals surface area contributed by atoms with E-state index in [4.69, 9.17) is 4.74 Å². The largest absolute Gasteiger partial charge is 0.508 e. The second kappa shape index (κ2) is 8.09. The van der Waals surface area contributed by atoms with E-state index in [-0.39, 0.29) is 29.7 Å². The van der Waals surface area contributed by atoms with Crippen molar-refractivity contribution in [3.63, 3.8) is 0 Å². The summed E-state index contributed by atoms with van der Waals surface area (Å²) < 4.78 is 5.73. The summed E-state index contributed by atoms with van der Waals surface area (Å²) in [6, 6.07) is 14.3. The fourth-order valence-corrected chi connectivity index (χ4v) is 4.49. The minimum Gasteiger partial charge on any atom is -0.508 e. The van der Waals surface area contributed by atoms with Crippen molar-refractivity contribution in [3.05, 3.63) is 94.8 Å². The van der Waals surface area contributed by atoms with Crippen LogP contribution in [0.1, 0.15) is 35.2 Å². The summed E-state index contributed by atoms with van der Waals surface area (Å²) >= 11 is 0. The summed E-state index contributed by atoms with van der Waals surface area (Å²) in [5.74, 6) is -0.964. The summed E-state index contributed by atoms with van der Waals surface area (Å²) in [6.07, 6.45) is 3.96. The van der Waals surface area contributed by atoms with Crippen LogP contribution < -0.4 is 4.74 Å². The number of hydrogen-bond acceptors (Lipinski definition) is 6. The molecule has 0 aliphatic carbocycles. The quantitative estimate of drug-likeness (QED) is 0.363. The fraction of sp³-hybridized carbons (Fsp3) is 0.192. The summed E-state index contributed by atoms with van der Waals surface area (Å²) in [4.78, 5) is 31.7. The molecule has 1 fully saturated rings. The molecule has 166 valence electrons. The lowest BCUT2D eigenvalue weighted by atomic mass is 9.94. The Labute approximate surface area is 190 Å². The number of nitrogens with zero attached hydrogens (tertiary/aromatic N) is 2. The Morgan fingerprint density at radius 3 is 2.67 bits per heavy atom. The van der Waals surface area contributed by atoms with Crippen molar-refractivity contribution in [3.8, 4) is 11.5 Å². The summed E-state index contributed by atoms with van der Waals surface area (Å²) in [7, 11) is 0. The number of aromatic nitrogens is 1. The Balaban J connectivity index is 1.64. The topological polar surface area (TPSA) is 100.0 Å². The van der Waals surface area contributed by atoms with Gasteiger partial charge in [-0.3, -0.25) is 14.6 Å². The first kappa shape index (κ1) is 20.8. The second-order valence-electron chi connectivity index (χ2n) is 8.33. The van der Waals surface area contributed by atoms with Crippen molar-refractivity contribution in [2.45, 2.75) is 32.0 Å². The minimum atomic E-state index is -0.853. The maximum Gasteiger partial charge on any atom is 0.295 e. The molecular weight excluding hydrogens is 420 g/mol. The molecule has 0 unspecified atom stereocenters. The van der Waals surface area contributed by atoms with Crippen LogP contribution in [-0.4, -0.2) is 37.9 Å². The SMILES string of the molecule is C[C@@H]1Cc2cc(/C(O)=C3\C(=O)C(=O)N(Cc4ccncc4)[C@@H]3c3cccc(O)c3)ccc2O1. The molecule has 0 bridgehead atoms. The van der Waals surface area contributed by atoms with Gasteiger partial charge in [-0.1, -0.05) is 12.1 Å². The van der Waals surface area contributed by atoms with E-state index in [2.05, 4.69) is 4.98 Å². The zero-order valence-corrected chi connectivity index (χ0v) is 17.9. The number of likely N-dealkylation sites (tertiary alicyclic amines) is 1. The van der Waals surface area contributed by atoms with Gasteiger partial charge in [0.05, 0.1) is 11.6 Å². The molecule has 2 N–H and O–H groups in total. The third-order valence-corrected chi connectivity index (χ3v) is 6.00. The van der Waals surface area contributed by atoms with Gasteiger partial charge >= 0.3 is 0 Å². The zero-order valence-electron chi connectivity index (χ0n) is 17.9. The Bertz CT molecular complexity index is 1280. The molecular formula is C26H22N2O5. The Morgan fingerprint density at radius 1 is 1.12 bits per heavy atom. The van der Waals surface area contributed by atoms with Gasteiger partial charge in [0, 0.05) is 30.9 Å². The average molecular weight is 442 g/mol. The molecule has 3 heterocycles. The van der Waals surface area contributed by atoms with Crippen molar-refractivity contribution in [1.82, 2.24) is 9.88 Å². The van der Waals surface area contributed by atoms with Crippen LogP contribution in [0.2, 0.25) is 0 Å². The van der Waals surface area contributed by atoms with E-state index in [1.807, 2.05) is 6.92 Å². The molecule has 7 heteroatoms. The van der Waals surface area contributed by atoms with Gasteiger partial charge in [0.1, 0.15) is 23.4 Å². The van der Waals surface area contributed by atoms with Crippen molar-refractivity contribution in [1.29, 1.82) is 0 Å². The minimum absolute atomic E-state index is 0.00525. The highest BCUT2D eigenvalue weighted by atomic mass is 16.5. The number of aliphatic hydroxyl groups is 1. The number of carbonyl (C=O) groups is 2. The third kappa shape index (κ3) is 3.71. The highest BCUT2D eigenvalue weighted by molar-refractivity contribution is 6.46. The number of rotatable bonds is 4. The van der Waals surface area contributed by atoms with Gasteiger partial charge in [-0.15, -0.1) is 0 Å². The lowest BCUT2D eigenvalue weighted by Gasteiger charge is -2.25. The van der Waals surface area contributed by atoms with E-state index in [0.29, 0.717) is 17.5 Å². The van der Waals surface area contributed by atoms with E-state index < -0.39 is 17.7 Å². The van der Waals surface area contributed by atoms with Gasteiger partial charge in [-0.05, 0) is 66.1 Å². The van der Waals surface area contributed by atoms with E-state index in [1.54, 1.807) is 54.9 Å². The lowest BCUT2D eigenvalue weighted by molar-refractivity contribution is -0.140.